The number of nitrogens with zero attached hydrogens (tertiary/aromatic N) is 6. The van der Waals surface area contributed by atoms with Crippen molar-refractivity contribution in [3.63, 3.8) is 0 Å². The minimum atomic E-state index is 0.478. The van der Waals surface area contributed by atoms with Crippen molar-refractivity contribution in [3.05, 3.63) is 30.7 Å². The Hall–Kier alpha value is -2.54. The van der Waals surface area contributed by atoms with Gasteiger partial charge in [-0.15, -0.1) is 10.2 Å². The SMILES string of the molecule is CN(c1nnc(-c2ccnn2C)c2ccncc12)C1CCNCC1. The molecule has 4 heterocycles. The van der Waals surface area contributed by atoms with Gasteiger partial charge in [0.1, 0.15) is 5.69 Å². The van der Waals surface area contributed by atoms with Crippen molar-refractivity contribution in [3.8, 4) is 11.4 Å². The molecule has 0 saturated carbocycles. The zero-order valence-corrected chi connectivity index (χ0v) is 14.0. The molecule has 4 rings (SSSR count). The van der Waals surface area contributed by atoms with Crippen molar-refractivity contribution in [2.75, 3.05) is 25.0 Å². The average molecular weight is 323 g/mol. The smallest absolute Gasteiger partial charge is 0.160 e. The number of aromatic nitrogens is 5. The Morgan fingerprint density at radius 3 is 2.71 bits per heavy atom. The summed E-state index contributed by atoms with van der Waals surface area (Å²) in [6, 6.07) is 4.44. The van der Waals surface area contributed by atoms with Crippen LogP contribution in [0.5, 0.6) is 0 Å². The molecule has 1 fully saturated rings. The van der Waals surface area contributed by atoms with E-state index in [0.717, 1.165) is 53.9 Å². The van der Waals surface area contributed by atoms with Crippen molar-refractivity contribution in [1.82, 2.24) is 30.3 Å². The molecule has 1 saturated heterocycles. The Bertz CT molecular complexity index is 851. The number of nitrogens with one attached hydrogen (secondary N) is 1. The zero-order chi connectivity index (χ0) is 16.5. The highest BCUT2D eigenvalue weighted by atomic mass is 15.3. The molecular weight excluding hydrogens is 302 g/mol. The third-order valence-electron chi connectivity index (χ3n) is 4.82. The number of rotatable bonds is 3. The fourth-order valence-electron chi connectivity index (χ4n) is 3.41. The van der Waals surface area contributed by atoms with Crippen molar-refractivity contribution >= 4 is 16.6 Å². The van der Waals surface area contributed by atoms with Crippen molar-refractivity contribution in [1.29, 1.82) is 0 Å². The molecule has 124 valence electrons. The molecule has 3 aromatic heterocycles. The first-order valence-corrected chi connectivity index (χ1v) is 8.28. The number of anilines is 1. The molecule has 0 spiro atoms. The summed E-state index contributed by atoms with van der Waals surface area (Å²) < 4.78 is 1.82. The monoisotopic (exact) mass is 323 g/mol. The third kappa shape index (κ3) is 2.50. The summed E-state index contributed by atoms with van der Waals surface area (Å²) in [6.07, 6.45) is 7.70. The average Bonchev–Trinajstić information content (AvgIpc) is 3.07. The molecule has 7 heteroatoms. The molecule has 0 radical (unpaired) electrons. The molecule has 0 amide bonds. The Kier molecular flexibility index (Phi) is 3.86. The fraction of sp³-hybridized carbons (Fsp3) is 0.412. The van der Waals surface area contributed by atoms with Crippen LogP contribution in [0, 0.1) is 0 Å². The molecule has 1 N–H and O–H groups in total. The molecule has 0 bridgehead atoms. The van der Waals surface area contributed by atoms with E-state index >= 15 is 0 Å². The Morgan fingerprint density at radius 1 is 1.12 bits per heavy atom. The Labute approximate surface area is 140 Å². The maximum atomic E-state index is 4.55. The van der Waals surface area contributed by atoms with E-state index in [1.54, 1.807) is 12.4 Å². The number of hydrogen-bond acceptors (Lipinski definition) is 6. The van der Waals surface area contributed by atoms with Crippen LogP contribution in [-0.4, -0.2) is 51.1 Å². The number of fused-ring (bicyclic) bond motifs is 1. The maximum Gasteiger partial charge on any atom is 0.160 e. The molecule has 0 atom stereocenters. The standard InChI is InChI=1S/C17H21N7/c1-23(12-3-7-18-8-4-12)17-14-11-19-9-5-13(14)16(21-22-17)15-6-10-20-24(15)2/h5-6,9-12,18H,3-4,7-8H2,1-2H3. The van der Waals surface area contributed by atoms with E-state index in [1.165, 1.54) is 0 Å². The summed E-state index contributed by atoms with van der Waals surface area (Å²) >= 11 is 0. The number of piperidine rings is 1. The first kappa shape index (κ1) is 15.0. The first-order chi connectivity index (χ1) is 11.8. The summed E-state index contributed by atoms with van der Waals surface area (Å²) in [5.41, 5.74) is 1.80. The minimum Gasteiger partial charge on any atom is -0.355 e. The lowest BCUT2D eigenvalue weighted by molar-refractivity contribution is 0.441. The van der Waals surface area contributed by atoms with E-state index in [9.17, 15) is 0 Å². The fourth-order valence-corrected chi connectivity index (χ4v) is 3.41. The topological polar surface area (TPSA) is 71.8 Å². The lowest BCUT2D eigenvalue weighted by Gasteiger charge is -2.32. The van der Waals surface area contributed by atoms with E-state index in [0.29, 0.717) is 6.04 Å². The molecule has 3 aromatic rings. The van der Waals surface area contributed by atoms with E-state index in [1.807, 2.05) is 30.1 Å². The molecule has 0 unspecified atom stereocenters. The quantitative estimate of drug-likeness (QED) is 0.789. The van der Waals surface area contributed by atoms with Gasteiger partial charge in [0.2, 0.25) is 0 Å². The summed E-state index contributed by atoms with van der Waals surface area (Å²) in [6.45, 7) is 2.09. The van der Waals surface area contributed by atoms with Gasteiger partial charge in [-0.2, -0.15) is 5.10 Å². The second-order valence-electron chi connectivity index (χ2n) is 6.23. The van der Waals surface area contributed by atoms with Gasteiger partial charge < -0.3 is 10.2 Å². The lowest BCUT2D eigenvalue weighted by Crippen LogP contribution is -2.41. The van der Waals surface area contributed by atoms with E-state index in [4.69, 9.17) is 0 Å². The van der Waals surface area contributed by atoms with Crippen LogP contribution in [0.25, 0.3) is 22.2 Å². The second kappa shape index (κ2) is 6.16. The van der Waals surface area contributed by atoms with Gasteiger partial charge in [0.15, 0.2) is 5.82 Å². The Morgan fingerprint density at radius 2 is 1.96 bits per heavy atom. The van der Waals surface area contributed by atoms with Crippen LogP contribution < -0.4 is 10.2 Å². The number of aryl methyl sites for hydroxylation is 1. The van der Waals surface area contributed by atoms with E-state index < -0.39 is 0 Å². The molecule has 1 aliphatic rings. The normalized spacial score (nSPS) is 15.8. The Balaban J connectivity index is 1.82. The maximum absolute atomic E-state index is 4.55. The van der Waals surface area contributed by atoms with Gasteiger partial charge in [-0.05, 0) is 38.1 Å². The second-order valence-corrected chi connectivity index (χ2v) is 6.23. The van der Waals surface area contributed by atoms with Crippen LogP contribution >= 0.6 is 0 Å². The predicted octanol–water partition coefficient (Wildman–Crippen LogP) is 1.61. The van der Waals surface area contributed by atoms with Crippen LogP contribution in [0.3, 0.4) is 0 Å². The third-order valence-corrected chi connectivity index (χ3v) is 4.82. The summed E-state index contributed by atoms with van der Waals surface area (Å²) in [4.78, 5) is 6.57. The number of hydrogen-bond donors (Lipinski definition) is 1. The van der Waals surface area contributed by atoms with Crippen LogP contribution in [0.2, 0.25) is 0 Å². The van der Waals surface area contributed by atoms with Gasteiger partial charge >= 0.3 is 0 Å². The lowest BCUT2D eigenvalue weighted by atomic mass is 10.0. The van der Waals surface area contributed by atoms with Gasteiger partial charge in [0.05, 0.1) is 5.69 Å². The van der Waals surface area contributed by atoms with Gasteiger partial charge in [0.25, 0.3) is 0 Å². The molecule has 1 aliphatic heterocycles. The van der Waals surface area contributed by atoms with E-state index in [-0.39, 0.29) is 0 Å². The van der Waals surface area contributed by atoms with Gasteiger partial charge in [0, 0.05) is 49.5 Å². The molecule has 24 heavy (non-hydrogen) atoms. The van der Waals surface area contributed by atoms with Crippen LogP contribution in [-0.2, 0) is 7.05 Å². The molecule has 0 aromatic carbocycles. The van der Waals surface area contributed by atoms with Crippen LogP contribution in [0.4, 0.5) is 5.82 Å². The highest BCUT2D eigenvalue weighted by Crippen LogP contribution is 2.31. The summed E-state index contributed by atoms with van der Waals surface area (Å²) in [5, 5.41) is 18.8. The van der Waals surface area contributed by atoms with Gasteiger partial charge in [-0.25, -0.2) is 0 Å². The van der Waals surface area contributed by atoms with Crippen LogP contribution in [0.15, 0.2) is 30.7 Å². The van der Waals surface area contributed by atoms with Crippen molar-refractivity contribution < 1.29 is 0 Å². The first-order valence-electron chi connectivity index (χ1n) is 8.28. The largest absolute Gasteiger partial charge is 0.355 e. The summed E-state index contributed by atoms with van der Waals surface area (Å²) in [7, 11) is 4.02. The van der Waals surface area contributed by atoms with Crippen molar-refractivity contribution in [2.24, 2.45) is 7.05 Å². The van der Waals surface area contributed by atoms with Gasteiger partial charge in [-0.3, -0.25) is 9.67 Å². The van der Waals surface area contributed by atoms with E-state index in [2.05, 4.69) is 37.5 Å². The number of pyridine rings is 1. The molecule has 7 nitrogen and oxygen atoms in total. The predicted molar refractivity (Wildman–Crippen MR) is 93.8 cm³/mol. The minimum absolute atomic E-state index is 0.478. The highest BCUT2D eigenvalue weighted by molar-refractivity contribution is 5.99. The summed E-state index contributed by atoms with van der Waals surface area (Å²) in [5.74, 6) is 0.899. The zero-order valence-electron chi connectivity index (χ0n) is 14.0. The van der Waals surface area contributed by atoms with Crippen molar-refractivity contribution in [2.45, 2.75) is 18.9 Å². The van der Waals surface area contributed by atoms with Gasteiger partial charge in [-0.1, -0.05) is 0 Å². The molecular formula is C17H21N7. The van der Waals surface area contributed by atoms with Crippen LogP contribution in [0.1, 0.15) is 12.8 Å². The molecule has 0 aliphatic carbocycles. The highest BCUT2D eigenvalue weighted by Gasteiger charge is 2.22.